The van der Waals surface area contributed by atoms with Gasteiger partial charge in [-0.05, 0) is 38.0 Å². The lowest BCUT2D eigenvalue weighted by Gasteiger charge is -2.30. The summed E-state index contributed by atoms with van der Waals surface area (Å²) in [6, 6.07) is 4.69. The third-order valence-electron chi connectivity index (χ3n) is 3.80. The molecule has 1 atom stereocenters. The van der Waals surface area contributed by atoms with Crippen LogP contribution in [0.1, 0.15) is 52.2 Å². The van der Waals surface area contributed by atoms with Crippen LogP contribution in [-0.4, -0.2) is 18.2 Å². The molecule has 0 fully saturated rings. The highest BCUT2D eigenvalue weighted by Gasteiger charge is 2.16. The summed E-state index contributed by atoms with van der Waals surface area (Å²) < 4.78 is 13.3. The van der Waals surface area contributed by atoms with Crippen LogP contribution in [-0.2, 0) is 0 Å². The largest absolute Gasteiger partial charge is 0.389 e. The summed E-state index contributed by atoms with van der Waals surface area (Å²) in [5, 5.41) is 9.83. The molecule has 2 nitrogen and oxygen atoms in total. The number of nitrogens with zero attached hydrogens (tertiary/aromatic N) is 1. The first-order valence-electron chi connectivity index (χ1n) is 7.25. The summed E-state index contributed by atoms with van der Waals surface area (Å²) >= 11 is 0. The van der Waals surface area contributed by atoms with Crippen LogP contribution in [0.3, 0.4) is 0 Å². The lowest BCUT2D eigenvalue weighted by Crippen LogP contribution is -2.30. The zero-order valence-corrected chi connectivity index (χ0v) is 12.5. The molecule has 3 heteroatoms. The summed E-state index contributed by atoms with van der Waals surface area (Å²) in [6.45, 7) is 9.99. The molecular formula is C16H26FNO. The van der Waals surface area contributed by atoms with E-state index in [1.54, 1.807) is 13.0 Å². The predicted molar refractivity (Wildman–Crippen MR) is 79.0 cm³/mol. The van der Waals surface area contributed by atoms with Gasteiger partial charge in [-0.15, -0.1) is 0 Å². The molecule has 0 unspecified atom stereocenters. The molecule has 108 valence electrons. The quantitative estimate of drug-likeness (QED) is 0.802. The first-order valence-corrected chi connectivity index (χ1v) is 7.25. The molecule has 0 aromatic heterocycles. The summed E-state index contributed by atoms with van der Waals surface area (Å²) in [7, 11) is 0. The highest BCUT2D eigenvalue weighted by Crippen LogP contribution is 2.28. The number of benzene rings is 1. The Morgan fingerprint density at radius 3 is 2.32 bits per heavy atom. The minimum atomic E-state index is -0.651. The molecular weight excluding hydrogens is 241 g/mol. The Bertz CT molecular complexity index is 388. The standard InChI is InChI=1S/C16H26FNO/c1-5-13(6-2)11-18(7-3)16-9-8-14(17)10-15(16)12(4)19/h8-10,12-13,19H,5-7,11H2,1-4H3/t12-/m1/s1. The average molecular weight is 267 g/mol. The first kappa shape index (κ1) is 16.0. The molecule has 0 spiro atoms. The maximum absolute atomic E-state index is 13.3. The van der Waals surface area contributed by atoms with Crippen molar-refractivity contribution in [2.75, 3.05) is 18.0 Å². The molecule has 0 bridgehead atoms. The van der Waals surface area contributed by atoms with Gasteiger partial charge >= 0.3 is 0 Å². The van der Waals surface area contributed by atoms with Crippen molar-refractivity contribution in [1.29, 1.82) is 0 Å². The smallest absolute Gasteiger partial charge is 0.123 e. The third-order valence-corrected chi connectivity index (χ3v) is 3.80. The van der Waals surface area contributed by atoms with E-state index in [4.69, 9.17) is 0 Å². The molecule has 0 saturated carbocycles. The zero-order valence-electron chi connectivity index (χ0n) is 12.5. The molecule has 0 heterocycles. The van der Waals surface area contributed by atoms with Gasteiger partial charge in [0, 0.05) is 24.3 Å². The average Bonchev–Trinajstić information content (AvgIpc) is 2.40. The van der Waals surface area contributed by atoms with Crippen LogP contribution in [0.15, 0.2) is 18.2 Å². The fourth-order valence-corrected chi connectivity index (χ4v) is 2.40. The van der Waals surface area contributed by atoms with Crippen molar-refractivity contribution in [1.82, 2.24) is 0 Å². The lowest BCUT2D eigenvalue weighted by molar-refractivity contribution is 0.199. The van der Waals surface area contributed by atoms with Crippen LogP contribution in [0.2, 0.25) is 0 Å². The SMILES string of the molecule is CCC(CC)CN(CC)c1ccc(F)cc1[C@@H](C)O. The Morgan fingerprint density at radius 2 is 1.84 bits per heavy atom. The molecule has 0 aliphatic rings. The number of aliphatic hydroxyl groups is 1. The number of aliphatic hydroxyl groups excluding tert-OH is 1. The number of anilines is 1. The third kappa shape index (κ3) is 4.20. The van der Waals surface area contributed by atoms with Gasteiger partial charge < -0.3 is 10.0 Å². The predicted octanol–water partition coefficient (Wildman–Crippen LogP) is 4.14. The van der Waals surface area contributed by atoms with Gasteiger partial charge in [-0.2, -0.15) is 0 Å². The Kier molecular flexibility index (Phi) is 6.29. The molecule has 0 amide bonds. The topological polar surface area (TPSA) is 23.5 Å². The van der Waals surface area contributed by atoms with E-state index in [-0.39, 0.29) is 5.82 Å². The second kappa shape index (κ2) is 7.49. The minimum Gasteiger partial charge on any atom is -0.389 e. The van der Waals surface area contributed by atoms with Crippen LogP contribution in [0.5, 0.6) is 0 Å². The fraction of sp³-hybridized carbons (Fsp3) is 0.625. The van der Waals surface area contributed by atoms with Gasteiger partial charge in [-0.1, -0.05) is 26.7 Å². The first-order chi connectivity index (χ1) is 9.03. The van der Waals surface area contributed by atoms with Gasteiger partial charge in [0.25, 0.3) is 0 Å². The summed E-state index contributed by atoms with van der Waals surface area (Å²) in [6.07, 6.45) is 1.62. The van der Waals surface area contributed by atoms with E-state index in [2.05, 4.69) is 25.7 Å². The van der Waals surface area contributed by atoms with Gasteiger partial charge in [-0.25, -0.2) is 4.39 Å². The number of hydrogen-bond acceptors (Lipinski definition) is 2. The Labute approximate surface area is 116 Å². The van der Waals surface area contributed by atoms with Gasteiger partial charge in [0.05, 0.1) is 6.10 Å². The van der Waals surface area contributed by atoms with Crippen molar-refractivity contribution in [2.45, 2.75) is 46.6 Å². The maximum atomic E-state index is 13.3. The molecule has 0 aliphatic heterocycles. The Hall–Kier alpha value is -1.09. The monoisotopic (exact) mass is 267 g/mol. The summed E-state index contributed by atoms with van der Waals surface area (Å²) in [4.78, 5) is 2.24. The van der Waals surface area contributed by atoms with Gasteiger partial charge in [-0.3, -0.25) is 0 Å². The highest BCUT2D eigenvalue weighted by molar-refractivity contribution is 5.54. The highest BCUT2D eigenvalue weighted by atomic mass is 19.1. The Morgan fingerprint density at radius 1 is 1.21 bits per heavy atom. The normalized spacial score (nSPS) is 12.8. The van der Waals surface area contributed by atoms with Crippen LogP contribution in [0.25, 0.3) is 0 Å². The molecule has 19 heavy (non-hydrogen) atoms. The maximum Gasteiger partial charge on any atom is 0.123 e. The van der Waals surface area contributed by atoms with Crippen LogP contribution < -0.4 is 4.90 Å². The lowest BCUT2D eigenvalue weighted by atomic mass is 10.0. The van der Waals surface area contributed by atoms with E-state index in [0.29, 0.717) is 11.5 Å². The van der Waals surface area contributed by atoms with E-state index < -0.39 is 6.10 Å². The second-order valence-corrected chi connectivity index (χ2v) is 5.10. The Balaban J connectivity index is 3.03. The van der Waals surface area contributed by atoms with Crippen molar-refractivity contribution in [3.63, 3.8) is 0 Å². The molecule has 1 aromatic carbocycles. The number of halogens is 1. The second-order valence-electron chi connectivity index (χ2n) is 5.10. The van der Waals surface area contributed by atoms with Gasteiger partial charge in [0.1, 0.15) is 5.82 Å². The number of rotatable bonds is 7. The molecule has 1 rings (SSSR count). The summed E-state index contributed by atoms with van der Waals surface area (Å²) in [5.41, 5.74) is 1.62. The van der Waals surface area contributed by atoms with Gasteiger partial charge in [0.2, 0.25) is 0 Å². The van der Waals surface area contributed by atoms with Crippen molar-refractivity contribution in [3.8, 4) is 0 Å². The van der Waals surface area contributed by atoms with Crippen molar-refractivity contribution >= 4 is 5.69 Å². The van der Waals surface area contributed by atoms with Crippen LogP contribution in [0, 0.1) is 11.7 Å². The fourth-order valence-electron chi connectivity index (χ4n) is 2.40. The van der Waals surface area contributed by atoms with Crippen molar-refractivity contribution in [2.24, 2.45) is 5.92 Å². The molecule has 1 N–H and O–H groups in total. The van der Waals surface area contributed by atoms with E-state index in [0.717, 1.165) is 31.6 Å². The number of hydrogen-bond donors (Lipinski definition) is 1. The van der Waals surface area contributed by atoms with Crippen molar-refractivity contribution in [3.05, 3.63) is 29.6 Å². The van der Waals surface area contributed by atoms with Crippen LogP contribution >= 0.6 is 0 Å². The van der Waals surface area contributed by atoms with Crippen LogP contribution in [0.4, 0.5) is 10.1 Å². The molecule has 1 aromatic rings. The molecule has 0 radical (unpaired) electrons. The molecule has 0 aliphatic carbocycles. The van der Waals surface area contributed by atoms with Gasteiger partial charge in [0.15, 0.2) is 0 Å². The van der Waals surface area contributed by atoms with Crippen molar-refractivity contribution < 1.29 is 9.50 Å². The van der Waals surface area contributed by atoms with E-state index >= 15 is 0 Å². The summed E-state index contributed by atoms with van der Waals surface area (Å²) in [5.74, 6) is 0.338. The minimum absolute atomic E-state index is 0.293. The zero-order chi connectivity index (χ0) is 14.4. The van der Waals surface area contributed by atoms with E-state index in [1.807, 2.05) is 0 Å². The molecule has 0 saturated heterocycles. The van der Waals surface area contributed by atoms with E-state index in [1.165, 1.54) is 12.1 Å². The van der Waals surface area contributed by atoms with E-state index in [9.17, 15) is 9.50 Å².